The van der Waals surface area contributed by atoms with E-state index in [4.69, 9.17) is 10.3 Å². The molecule has 0 fully saturated rings. The van der Waals surface area contributed by atoms with Crippen molar-refractivity contribution in [1.29, 1.82) is 0 Å². The Labute approximate surface area is 196 Å². The predicted octanol–water partition coefficient (Wildman–Crippen LogP) is 5.86. The highest BCUT2D eigenvalue weighted by Gasteiger charge is 2.22. The zero-order valence-corrected chi connectivity index (χ0v) is 19.5. The Morgan fingerprint density at radius 3 is 2.55 bits per heavy atom. The smallest absolute Gasteiger partial charge is 0.216 e. The van der Waals surface area contributed by atoms with Crippen molar-refractivity contribution in [3.05, 3.63) is 88.0 Å². The molecule has 0 saturated carbocycles. The predicted molar refractivity (Wildman–Crippen MR) is 135 cm³/mol. The second-order valence-electron chi connectivity index (χ2n) is 8.16. The van der Waals surface area contributed by atoms with Gasteiger partial charge in [0.05, 0.1) is 12.2 Å². The van der Waals surface area contributed by atoms with Gasteiger partial charge in [-0.1, -0.05) is 48.8 Å². The van der Waals surface area contributed by atoms with Gasteiger partial charge in [-0.3, -0.25) is 0 Å². The van der Waals surface area contributed by atoms with Crippen LogP contribution in [-0.2, 0) is 4.74 Å². The summed E-state index contributed by atoms with van der Waals surface area (Å²) in [4.78, 5) is 9.47. The summed E-state index contributed by atoms with van der Waals surface area (Å²) in [5.41, 5.74) is 16.5. The van der Waals surface area contributed by atoms with Gasteiger partial charge >= 0.3 is 0 Å². The average molecular weight is 445 g/mol. The van der Waals surface area contributed by atoms with Gasteiger partial charge in [0.25, 0.3) is 0 Å². The van der Waals surface area contributed by atoms with E-state index in [0.29, 0.717) is 19.0 Å². The monoisotopic (exact) mass is 444 g/mol. The number of nitrogens with zero attached hydrogens (tertiary/aromatic N) is 5. The number of azide groups is 1. The van der Waals surface area contributed by atoms with Gasteiger partial charge in [0.1, 0.15) is 6.10 Å². The molecule has 2 aromatic carbocycles. The first-order chi connectivity index (χ1) is 16.1. The second-order valence-corrected chi connectivity index (χ2v) is 8.16. The van der Waals surface area contributed by atoms with E-state index in [2.05, 4.69) is 61.8 Å². The standard InChI is InChI=1S/C26H32N6O/c1-4-24(28-17-7-5-6-8-18-30-31-27)20-9-11-22(12-10-20)26-29-19-25(33-26)21-13-15-23(16-14-21)32(2)3/h9-16,25,28H,1,5-8,17-19H2,2-3H3. The van der Waals surface area contributed by atoms with Gasteiger partial charge in [0.15, 0.2) is 0 Å². The third kappa shape index (κ3) is 6.91. The van der Waals surface area contributed by atoms with Crippen LogP contribution in [-0.4, -0.2) is 39.6 Å². The van der Waals surface area contributed by atoms with Crippen LogP contribution in [0.3, 0.4) is 0 Å². The van der Waals surface area contributed by atoms with Gasteiger partial charge < -0.3 is 15.0 Å². The van der Waals surface area contributed by atoms with Crippen molar-refractivity contribution in [3.8, 4) is 0 Å². The van der Waals surface area contributed by atoms with E-state index < -0.39 is 0 Å². The zero-order valence-electron chi connectivity index (χ0n) is 19.5. The highest BCUT2D eigenvalue weighted by atomic mass is 16.5. The van der Waals surface area contributed by atoms with E-state index in [1.165, 1.54) is 5.69 Å². The van der Waals surface area contributed by atoms with E-state index in [9.17, 15) is 0 Å². The lowest BCUT2D eigenvalue weighted by Gasteiger charge is -2.15. The van der Waals surface area contributed by atoms with Crippen LogP contribution in [0, 0.1) is 0 Å². The van der Waals surface area contributed by atoms with Crippen molar-refractivity contribution in [3.63, 3.8) is 0 Å². The molecule has 33 heavy (non-hydrogen) atoms. The van der Waals surface area contributed by atoms with E-state index in [1.807, 2.05) is 38.4 Å². The summed E-state index contributed by atoms with van der Waals surface area (Å²) in [6.45, 7) is 5.88. The normalized spacial score (nSPS) is 14.5. The van der Waals surface area contributed by atoms with Crippen LogP contribution in [0.2, 0.25) is 0 Å². The number of anilines is 1. The minimum Gasteiger partial charge on any atom is -0.467 e. The molecule has 1 aliphatic rings. The van der Waals surface area contributed by atoms with E-state index in [-0.39, 0.29) is 6.10 Å². The maximum absolute atomic E-state index is 8.28. The molecule has 1 aliphatic heterocycles. The molecule has 1 unspecified atom stereocenters. The molecule has 0 bridgehead atoms. The van der Waals surface area contributed by atoms with Crippen LogP contribution < -0.4 is 10.2 Å². The number of hydrogen-bond acceptors (Lipinski definition) is 5. The lowest BCUT2D eigenvalue weighted by molar-refractivity contribution is 0.230. The molecular formula is C26H32N6O. The molecule has 1 heterocycles. The van der Waals surface area contributed by atoms with Crippen molar-refractivity contribution < 1.29 is 4.74 Å². The molecule has 0 aliphatic carbocycles. The second kappa shape index (κ2) is 12.4. The molecule has 0 saturated heterocycles. The lowest BCUT2D eigenvalue weighted by Crippen LogP contribution is -2.13. The molecule has 7 nitrogen and oxygen atoms in total. The highest BCUT2D eigenvalue weighted by Crippen LogP contribution is 2.27. The summed E-state index contributed by atoms with van der Waals surface area (Å²) in [5.74, 6) is 0.682. The van der Waals surface area contributed by atoms with Gasteiger partial charge in [0, 0.05) is 48.9 Å². The third-order valence-corrected chi connectivity index (χ3v) is 5.58. The molecule has 3 rings (SSSR count). The molecule has 1 atom stereocenters. The lowest BCUT2D eigenvalue weighted by atomic mass is 10.1. The first-order valence-electron chi connectivity index (χ1n) is 11.4. The Balaban J connectivity index is 1.49. The summed E-state index contributed by atoms with van der Waals surface area (Å²) in [5, 5.41) is 6.97. The number of unbranched alkanes of at least 4 members (excludes halogenated alkanes) is 3. The molecule has 2 aromatic rings. The Morgan fingerprint density at radius 2 is 1.88 bits per heavy atom. The topological polar surface area (TPSA) is 85.6 Å². The fourth-order valence-electron chi connectivity index (χ4n) is 3.66. The molecule has 0 amide bonds. The van der Waals surface area contributed by atoms with Crippen LogP contribution in [0.15, 0.2) is 70.9 Å². The quantitative estimate of drug-likeness (QED) is 0.146. The van der Waals surface area contributed by atoms with Gasteiger partial charge in [-0.25, -0.2) is 4.99 Å². The Hall–Kier alpha value is -3.66. The van der Waals surface area contributed by atoms with Gasteiger partial charge in [-0.05, 0) is 48.2 Å². The maximum atomic E-state index is 8.28. The van der Waals surface area contributed by atoms with Gasteiger partial charge in [-0.2, -0.15) is 0 Å². The van der Waals surface area contributed by atoms with E-state index in [1.54, 1.807) is 0 Å². The van der Waals surface area contributed by atoms with Crippen molar-refractivity contribution in [1.82, 2.24) is 5.32 Å². The zero-order chi connectivity index (χ0) is 23.5. The first kappa shape index (κ1) is 24.0. The number of aliphatic imine (C=N–C) groups is 1. The summed E-state index contributed by atoms with van der Waals surface area (Å²) < 4.78 is 6.15. The van der Waals surface area contributed by atoms with Crippen molar-refractivity contribution in [2.24, 2.45) is 10.1 Å². The molecule has 7 heteroatoms. The van der Waals surface area contributed by atoms with Crippen LogP contribution in [0.1, 0.15) is 48.5 Å². The largest absolute Gasteiger partial charge is 0.467 e. The molecule has 172 valence electrons. The third-order valence-electron chi connectivity index (χ3n) is 5.58. The van der Waals surface area contributed by atoms with Crippen LogP contribution in [0.4, 0.5) is 5.69 Å². The molecule has 1 N–H and O–H groups in total. The minimum absolute atomic E-state index is 0.0482. The number of ether oxygens (including phenoxy) is 1. The average Bonchev–Trinajstić information content (AvgIpc) is 3.34. The molecular weight excluding hydrogens is 412 g/mol. The molecule has 0 radical (unpaired) electrons. The fraction of sp³-hybridized carbons (Fsp3) is 0.385. The van der Waals surface area contributed by atoms with Crippen LogP contribution in [0.5, 0.6) is 0 Å². The van der Waals surface area contributed by atoms with Crippen molar-refractivity contribution >= 4 is 17.3 Å². The minimum atomic E-state index is -0.0482. The molecule has 0 spiro atoms. The van der Waals surface area contributed by atoms with Gasteiger partial charge in [-0.15, -0.1) is 5.73 Å². The highest BCUT2D eigenvalue weighted by molar-refractivity contribution is 5.95. The number of rotatable bonds is 12. The summed E-state index contributed by atoms with van der Waals surface area (Å²) in [7, 11) is 4.07. The number of nitrogens with one attached hydrogen (secondary N) is 1. The number of benzene rings is 2. The Kier molecular flexibility index (Phi) is 9.01. The number of hydrogen-bond donors (Lipinski definition) is 1. The van der Waals surface area contributed by atoms with Crippen LogP contribution >= 0.6 is 0 Å². The first-order valence-corrected chi connectivity index (χ1v) is 11.4. The Bertz CT molecular complexity index is 1030. The fourth-order valence-corrected chi connectivity index (χ4v) is 3.66. The van der Waals surface area contributed by atoms with Crippen molar-refractivity contribution in [2.45, 2.75) is 31.8 Å². The maximum Gasteiger partial charge on any atom is 0.216 e. The van der Waals surface area contributed by atoms with Crippen molar-refractivity contribution in [2.75, 3.05) is 38.6 Å². The summed E-state index contributed by atoms with van der Waals surface area (Å²) >= 11 is 0. The van der Waals surface area contributed by atoms with E-state index >= 15 is 0 Å². The SMILES string of the molecule is C=C=C(NCCCCCCN=[N+]=[N-])c1ccc(C2=NCC(c3ccc(N(C)C)cc3)O2)cc1. The summed E-state index contributed by atoms with van der Waals surface area (Å²) in [6.07, 6.45) is 4.08. The Morgan fingerprint density at radius 1 is 1.15 bits per heavy atom. The van der Waals surface area contributed by atoms with Gasteiger partial charge in [0.2, 0.25) is 5.90 Å². The van der Waals surface area contributed by atoms with E-state index in [0.717, 1.165) is 54.6 Å². The summed E-state index contributed by atoms with van der Waals surface area (Å²) in [6, 6.07) is 16.6. The van der Waals surface area contributed by atoms with Crippen LogP contribution in [0.25, 0.3) is 16.1 Å². The molecule has 0 aromatic heterocycles.